The Morgan fingerprint density at radius 2 is 2.00 bits per heavy atom. The molecule has 1 aromatic rings. The number of nitrogens with one attached hydrogen (secondary N) is 1. The molecule has 0 aromatic carbocycles. The number of carbonyl (C=O) groups is 2. The van der Waals surface area contributed by atoms with Gasteiger partial charge in [0.25, 0.3) is 5.91 Å². The standard InChI is InChI=1S/C13H19NO4/c1-8(2)4-5-9(3)14-12(15)11-6-10(7-18-11)13(16)17/h6-9H,4-5H2,1-3H3,(H,14,15)(H,16,17). The summed E-state index contributed by atoms with van der Waals surface area (Å²) in [6.45, 7) is 6.17. The van der Waals surface area contributed by atoms with Gasteiger partial charge in [-0.3, -0.25) is 4.79 Å². The molecular weight excluding hydrogens is 234 g/mol. The van der Waals surface area contributed by atoms with Crippen molar-refractivity contribution in [2.75, 3.05) is 0 Å². The molecule has 0 saturated heterocycles. The van der Waals surface area contributed by atoms with Crippen LogP contribution in [0.5, 0.6) is 0 Å². The van der Waals surface area contributed by atoms with Crippen molar-refractivity contribution in [1.29, 1.82) is 0 Å². The van der Waals surface area contributed by atoms with Crippen LogP contribution in [0.1, 0.15) is 54.5 Å². The zero-order valence-corrected chi connectivity index (χ0v) is 10.9. The van der Waals surface area contributed by atoms with E-state index < -0.39 is 5.97 Å². The summed E-state index contributed by atoms with van der Waals surface area (Å²) in [6.07, 6.45) is 2.98. The van der Waals surface area contributed by atoms with Gasteiger partial charge in [-0.05, 0) is 25.7 Å². The van der Waals surface area contributed by atoms with Gasteiger partial charge in [-0.1, -0.05) is 13.8 Å². The third-order valence-electron chi connectivity index (χ3n) is 2.62. The van der Waals surface area contributed by atoms with E-state index in [1.54, 1.807) is 0 Å². The highest BCUT2D eigenvalue weighted by Gasteiger charge is 2.16. The Kier molecular flexibility index (Phi) is 4.95. The highest BCUT2D eigenvalue weighted by molar-refractivity contribution is 5.95. The number of amides is 1. The predicted octanol–water partition coefficient (Wildman–Crippen LogP) is 2.53. The van der Waals surface area contributed by atoms with Gasteiger partial charge in [0, 0.05) is 12.1 Å². The topological polar surface area (TPSA) is 79.5 Å². The van der Waals surface area contributed by atoms with Crippen LogP contribution in [-0.4, -0.2) is 23.0 Å². The molecule has 0 aliphatic carbocycles. The van der Waals surface area contributed by atoms with Crippen molar-refractivity contribution in [3.8, 4) is 0 Å². The molecule has 0 spiro atoms. The first kappa shape index (κ1) is 14.3. The lowest BCUT2D eigenvalue weighted by Crippen LogP contribution is -2.32. The quantitative estimate of drug-likeness (QED) is 0.816. The predicted molar refractivity (Wildman–Crippen MR) is 66.7 cm³/mol. The zero-order chi connectivity index (χ0) is 13.7. The average Bonchev–Trinajstić information content (AvgIpc) is 2.75. The van der Waals surface area contributed by atoms with Crippen molar-refractivity contribution >= 4 is 11.9 Å². The molecule has 1 unspecified atom stereocenters. The van der Waals surface area contributed by atoms with Crippen molar-refractivity contribution < 1.29 is 19.1 Å². The molecule has 1 atom stereocenters. The van der Waals surface area contributed by atoms with Crippen LogP contribution in [0.4, 0.5) is 0 Å². The van der Waals surface area contributed by atoms with E-state index >= 15 is 0 Å². The highest BCUT2D eigenvalue weighted by atomic mass is 16.4. The molecule has 0 aliphatic heterocycles. The second kappa shape index (κ2) is 6.23. The van der Waals surface area contributed by atoms with Gasteiger partial charge >= 0.3 is 5.97 Å². The number of hydrogen-bond acceptors (Lipinski definition) is 3. The fraction of sp³-hybridized carbons (Fsp3) is 0.538. The summed E-state index contributed by atoms with van der Waals surface area (Å²) < 4.78 is 4.92. The molecule has 2 N–H and O–H groups in total. The van der Waals surface area contributed by atoms with Gasteiger partial charge in [0.15, 0.2) is 5.76 Å². The molecule has 1 heterocycles. The second-order valence-electron chi connectivity index (χ2n) is 4.85. The SMILES string of the molecule is CC(C)CCC(C)NC(=O)c1cc(C(=O)O)co1. The normalized spacial score (nSPS) is 12.4. The summed E-state index contributed by atoms with van der Waals surface area (Å²) in [5, 5.41) is 11.5. The monoisotopic (exact) mass is 253 g/mol. The Labute approximate surface area is 106 Å². The Morgan fingerprint density at radius 1 is 1.33 bits per heavy atom. The van der Waals surface area contributed by atoms with E-state index in [1.165, 1.54) is 6.07 Å². The van der Waals surface area contributed by atoms with E-state index in [4.69, 9.17) is 9.52 Å². The van der Waals surface area contributed by atoms with Crippen molar-refractivity contribution in [3.63, 3.8) is 0 Å². The van der Waals surface area contributed by atoms with E-state index in [2.05, 4.69) is 19.2 Å². The molecule has 1 aromatic heterocycles. The fourth-order valence-electron chi connectivity index (χ4n) is 1.52. The Morgan fingerprint density at radius 3 is 2.50 bits per heavy atom. The number of carboxylic acid groups (broad SMARTS) is 1. The third-order valence-corrected chi connectivity index (χ3v) is 2.62. The van der Waals surface area contributed by atoms with E-state index in [9.17, 15) is 9.59 Å². The first-order valence-electron chi connectivity index (χ1n) is 6.02. The van der Waals surface area contributed by atoms with Crippen LogP contribution in [0.3, 0.4) is 0 Å². The Bertz CT molecular complexity index is 422. The number of hydrogen-bond donors (Lipinski definition) is 2. The number of carbonyl (C=O) groups excluding carboxylic acids is 1. The van der Waals surface area contributed by atoms with Crippen LogP contribution in [0.2, 0.25) is 0 Å². The van der Waals surface area contributed by atoms with Crippen molar-refractivity contribution in [2.45, 2.75) is 39.7 Å². The largest absolute Gasteiger partial charge is 0.478 e. The molecule has 1 rings (SSSR count). The molecule has 0 radical (unpaired) electrons. The van der Waals surface area contributed by atoms with Crippen LogP contribution in [0.25, 0.3) is 0 Å². The maximum Gasteiger partial charge on any atom is 0.338 e. The molecule has 0 fully saturated rings. The fourth-order valence-corrected chi connectivity index (χ4v) is 1.52. The van der Waals surface area contributed by atoms with E-state index in [1.807, 2.05) is 6.92 Å². The maximum absolute atomic E-state index is 11.7. The van der Waals surface area contributed by atoms with Crippen LogP contribution in [0.15, 0.2) is 16.7 Å². The first-order chi connectivity index (χ1) is 8.40. The molecule has 0 aliphatic rings. The number of aromatic carboxylic acids is 1. The molecule has 1 amide bonds. The minimum absolute atomic E-state index is 0.0185. The highest BCUT2D eigenvalue weighted by Crippen LogP contribution is 2.10. The summed E-state index contributed by atoms with van der Waals surface area (Å²) in [5.74, 6) is -0.861. The third kappa shape index (κ3) is 4.24. The van der Waals surface area contributed by atoms with Gasteiger partial charge in [-0.2, -0.15) is 0 Å². The molecule has 5 nitrogen and oxygen atoms in total. The smallest absolute Gasteiger partial charge is 0.338 e. The Balaban J connectivity index is 2.51. The second-order valence-corrected chi connectivity index (χ2v) is 4.85. The lowest BCUT2D eigenvalue weighted by molar-refractivity contribution is 0.0695. The number of furan rings is 1. The zero-order valence-electron chi connectivity index (χ0n) is 10.9. The summed E-state index contributed by atoms with van der Waals surface area (Å²) in [4.78, 5) is 22.4. The van der Waals surface area contributed by atoms with E-state index in [-0.39, 0.29) is 23.3 Å². The maximum atomic E-state index is 11.7. The van der Waals surface area contributed by atoms with Crippen molar-refractivity contribution in [2.24, 2.45) is 5.92 Å². The first-order valence-corrected chi connectivity index (χ1v) is 6.02. The summed E-state index contributed by atoms with van der Waals surface area (Å²) in [6, 6.07) is 1.27. The molecule has 5 heteroatoms. The van der Waals surface area contributed by atoms with E-state index in [0.717, 1.165) is 19.1 Å². The molecule has 18 heavy (non-hydrogen) atoms. The van der Waals surface area contributed by atoms with Gasteiger partial charge < -0.3 is 14.8 Å². The number of rotatable bonds is 6. The van der Waals surface area contributed by atoms with Gasteiger partial charge in [-0.15, -0.1) is 0 Å². The van der Waals surface area contributed by atoms with Gasteiger partial charge in [0.2, 0.25) is 0 Å². The summed E-state index contributed by atoms with van der Waals surface area (Å²) >= 11 is 0. The molecular formula is C13H19NO4. The lowest BCUT2D eigenvalue weighted by atomic mass is 10.0. The van der Waals surface area contributed by atoms with Gasteiger partial charge in [0.05, 0.1) is 5.56 Å². The lowest BCUT2D eigenvalue weighted by Gasteiger charge is -2.13. The Hall–Kier alpha value is -1.78. The average molecular weight is 253 g/mol. The van der Waals surface area contributed by atoms with Gasteiger partial charge in [-0.25, -0.2) is 4.79 Å². The van der Waals surface area contributed by atoms with Gasteiger partial charge in [0.1, 0.15) is 6.26 Å². The molecule has 0 bridgehead atoms. The minimum Gasteiger partial charge on any atom is -0.478 e. The van der Waals surface area contributed by atoms with Crippen LogP contribution in [0, 0.1) is 5.92 Å². The summed E-state index contributed by atoms with van der Waals surface area (Å²) in [7, 11) is 0. The van der Waals surface area contributed by atoms with Crippen LogP contribution < -0.4 is 5.32 Å². The van der Waals surface area contributed by atoms with Crippen molar-refractivity contribution in [1.82, 2.24) is 5.32 Å². The molecule has 100 valence electrons. The molecule has 0 saturated carbocycles. The van der Waals surface area contributed by atoms with Crippen molar-refractivity contribution in [3.05, 3.63) is 23.7 Å². The number of carboxylic acids is 1. The van der Waals surface area contributed by atoms with E-state index in [0.29, 0.717) is 5.92 Å². The van der Waals surface area contributed by atoms with Crippen LogP contribution >= 0.6 is 0 Å². The minimum atomic E-state index is -1.11. The van der Waals surface area contributed by atoms with Crippen LogP contribution in [-0.2, 0) is 0 Å². The summed E-state index contributed by atoms with van der Waals surface area (Å²) in [5.41, 5.74) is -0.0185.